The van der Waals surface area contributed by atoms with Gasteiger partial charge in [-0.1, -0.05) is 25.1 Å². The Morgan fingerprint density at radius 3 is 2.64 bits per heavy atom. The van der Waals surface area contributed by atoms with Crippen LogP contribution < -0.4 is 16.6 Å². The molecule has 3 N–H and O–H groups in total. The molecule has 3 aromatic heterocycles. The molecule has 0 aliphatic rings. The topological polar surface area (TPSA) is 136 Å². The van der Waals surface area contributed by atoms with Crippen LogP contribution in [0.2, 0.25) is 0 Å². The fourth-order valence-corrected chi connectivity index (χ4v) is 4.09. The summed E-state index contributed by atoms with van der Waals surface area (Å²) in [6.07, 6.45) is 4.02. The molecular formula is C26H26FN7O2. The largest absolute Gasteiger partial charge is 0.382 e. The Hall–Kier alpha value is -4.36. The molecule has 0 aliphatic heterocycles. The van der Waals surface area contributed by atoms with Gasteiger partial charge in [-0.2, -0.15) is 5.26 Å². The highest BCUT2D eigenvalue weighted by Crippen LogP contribution is 2.31. The lowest BCUT2D eigenvalue weighted by Crippen LogP contribution is -2.38. The number of aromatic nitrogens is 4. The molecule has 0 fully saturated rings. The Balaban J connectivity index is 1.74. The van der Waals surface area contributed by atoms with E-state index in [0.29, 0.717) is 36.3 Å². The van der Waals surface area contributed by atoms with Crippen molar-refractivity contribution in [1.82, 2.24) is 25.0 Å². The highest BCUT2D eigenvalue weighted by atomic mass is 19.1. The van der Waals surface area contributed by atoms with E-state index in [9.17, 15) is 14.4 Å². The number of hydrogen-bond acceptors (Lipinski definition) is 8. The van der Waals surface area contributed by atoms with Crippen molar-refractivity contribution in [2.24, 2.45) is 0 Å². The summed E-state index contributed by atoms with van der Waals surface area (Å²) >= 11 is 0. The zero-order chi connectivity index (χ0) is 25.9. The molecule has 0 radical (unpaired) electrons. The number of nitriles is 1. The molecule has 0 atom stereocenters. The fourth-order valence-electron chi connectivity index (χ4n) is 4.09. The number of nitrogens with zero attached hydrogens (tertiary/aromatic N) is 5. The number of hydrogen-bond donors (Lipinski definition) is 2. The van der Waals surface area contributed by atoms with E-state index in [0.717, 1.165) is 5.56 Å². The zero-order valence-electron chi connectivity index (χ0n) is 20.2. The Kier molecular flexibility index (Phi) is 6.94. The van der Waals surface area contributed by atoms with Gasteiger partial charge >= 0.3 is 0 Å². The third-order valence-electron chi connectivity index (χ3n) is 6.28. The molecule has 3 heterocycles. The van der Waals surface area contributed by atoms with Crippen molar-refractivity contribution in [3.8, 4) is 40.0 Å². The van der Waals surface area contributed by atoms with E-state index >= 15 is 0 Å². The van der Waals surface area contributed by atoms with Crippen LogP contribution in [0.1, 0.15) is 32.3 Å². The lowest BCUT2D eigenvalue weighted by molar-refractivity contribution is 0.345. The van der Waals surface area contributed by atoms with Crippen molar-refractivity contribution >= 4 is 5.82 Å². The highest BCUT2D eigenvalue weighted by molar-refractivity contribution is 5.73. The number of nitrogens with one attached hydrogen (secondary N) is 1. The number of rotatable bonds is 8. The van der Waals surface area contributed by atoms with Gasteiger partial charge in [-0.05, 0) is 43.7 Å². The molecule has 4 aromatic rings. The molecule has 0 saturated heterocycles. The zero-order valence-corrected chi connectivity index (χ0v) is 20.2. The van der Waals surface area contributed by atoms with Gasteiger partial charge in [-0.25, -0.2) is 14.4 Å². The van der Waals surface area contributed by atoms with Crippen LogP contribution in [0.25, 0.3) is 34.0 Å². The monoisotopic (exact) mass is 487 g/mol. The van der Waals surface area contributed by atoms with Gasteiger partial charge in [0, 0.05) is 36.0 Å². The summed E-state index contributed by atoms with van der Waals surface area (Å²) in [5, 5.41) is 16.8. The van der Waals surface area contributed by atoms with Gasteiger partial charge < -0.3 is 15.6 Å². The molecule has 4 rings (SSSR count). The molecule has 0 aliphatic carbocycles. The first-order chi connectivity index (χ1) is 17.4. The normalized spacial score (nSPS) is 11.4. The third-order valence-corrected chi connectivity index (χ3v) is 6.28. The second-order valence-electron chi connectivity index (χ2n) is 8.39. The summed E-state index contributed by atoms with van der Waals surface area (Å²) in [4.78, 5) is 21.4. The maximum absolute atomic E-state index is 14.7. The van der Waals surface area contributed by atoms with E-state index in [2.05, 4.69) is 26.5 Å². The SMILES string of the molecule is CCC(C#N)(CC)n1cc(-c2cnc(N)c(-c3cc(-c4ccc(CNC)cc4F)no3)n2)ccc1=O. The van der Waals surface area contributed by atoms with Crippen molar-refractivity contribution in [2.75, 3.05) is 12.8 Å². The maximum Gasteiger partial charge on any atom is 0.251 e. The Morgan fingerprint density at radius 2 is 1.97 bits per heavy atom. The number of nitrogen functional groups attached to an aromatic ring is 1. The van der Waals surface area contributed by atoms with Crippen LogP contribution in [0.4, 0.5) is 10.2 Å². The minimum Gasteiger partial charge on any atom is -0.382 e. The minimum atomic E-state index is -0.968. The fraction of sp³-hybridized carbons (Fsp3) is 0.269. The number of halogens is 1. The molecule has 0 amide bonds. The molecule has 1 aromatic carbocycles. The molecule has 36 heavy (non-hydrogen) atoms. The first kappa shape index (κ1) is 24.8. The first-order valence-corrected chi connectivity index (χ1v) is 11.5. The summed E-state index contributed by atoms with van der Waals surface area (Å²) in [5.41, 5.74) is 7.44. The lowest BCUT2D eigenvalue weighted by Gasteiger charge is -2.26. The molecule has 0 unspecified atom stereocenters. The summed E-state index contributed by atoms with van der Waals surface area (Å²) < 4.78 is 21.6. The van der Waals surface area contributed by atoms with Crippen LogP contribution in [0.15, 0.2) is 58.1 Å². The van der Waals surface area contributed by atoms with Crippen LogP contribution in [-0.4, -0.2) is 26.7 Å². The van der Waals surface area contributed by atoms with E-state index in [1.807, 2.05) is 13.8 Å². The van der Waals surface area contributed by atoms with Gasteiger partial charge in [0.05, 0.1) is 18.0 Å². The smallest absolute Gasteiger partial charge is 0.251 e. The summed E-state index contributed by atoms with van der Waals surface area (Å²) in [6, 6.07) is 11.7. The van der Waals surface area contributed by atoms with Gasteiger partial charge in [0.2, 0.25) is 0 Å². The van der Waals surface area contributed by atoms with Gasteiger partial charge in [-0.15, -0.1) is 0 Å². The number of benzene rings is 1. The third kappa shape index (κ3) is 4.48. The number of pyridine rings is 1. The van der Waals surface area contributed by atoms with Gasteiger partial charge in [0.1, 0.15) is 17.1 Å². The van der Waals surface area contributed by atoms with Crippen LogP contribution in [0, 0.1) is 17.1 Å². The quantitative estimate of drug-likeness (QED) is 0.379. The first-order valence-electron chi connectivity index (χ1n) is 11.5. The van der Waals surface area contributed by atoms with Crippen LogP contribution in [0.3, 0.4) is 0 Å². The van der Waals surface area contributed by atoms with E-state index in [-0.39, 0.29) is 28.4 Å². The van der Waals surface area contributed by atoms with Gasteiger partial charge in [-0.3, -0.25) is 9.36 Å². The van der Waals surface area contributed by atoms with Crippen LogP contribution in [0.5, 0.6) is 0 Å². The maximum atomic E-state index is 14.7. The molecule has 0 saturated carbocycles. The standard InChI is InChI=1S/C26H26FN7O2/c1-4-26(5-2,15-28)34-14-17(7-9-23(34)35)21-13-31-25(29)24(32-21)22-11-20(33-36-22)18-8-6-16(12-30-3)10-19(18)27/h6-11,13-14,30H,4-5,12H2,1-3H3,(H2,29,31). The van der Waals surface area contributed by atoms with Crippen molar-refractivity contribution in [3.05, 3.63) is 70.5 Å². The van der Waals surface area contributed by atoms with Crippen molar-refractivity contribution in [3.63, 3.8) is 0 Å². The van der Waals surface area contributed by atoms with Crippen molar-refractivity contribution in [2.45, 2.75) is 38.8 Å². The Labute approximate surface area is 207 Å². The molecular weight excluding hydrogens is 461 g/mol. The Bertz CT molecular complexity index is 1500. The molecule has 184 valence electrons. The second kappa shape index (κ2) is 10.1. The molecule has 9 nitrogen and oxygen atoms in total. The lowest BCUT2D eigenvalue weighted by atomic mass is 9.94. The van der Waals surface area contributed by atoms with E-state index in [1.165, 1.54) is 22.9 Å². The molecule has 0 bridgehead atoms. The number of anilines is 1. The average Bonchev–Trinajstić information content (AvgIpc) is 3.37. The van der Waals surface area contributed by atoms with Crippen LogP contribution >= 0.6 is 0 Å². The highest BCUT2D eigenvalue weighted by Gasteiger charge is 2.29. The average molecular weight is 488 g/mol. The van der Waals surface area contributed by atoms with Crippen molar-refractivity contribution in [1.29, 1.82) is 5.26 Å². The van der Waals surface area contributed by atoms with Crippen molar-refractivity contribution < 1.29 is 8.91 Å². The number of nitrogens with two attached hydrogens (primary N) is 1. The Morgan fingerprint density at radius 1 is 1.19 bits per heavy atom. The molecule has 10 heteroatoms. The predicted octanol–water partition coefficient (Wildman–Crippen LogP) is 4.11. The second-order valence-corrected chi connectivity index (χ2v) is 8.39. The van der Waals surface area contributed by atoms with Gasteiger partial charge in [0.25, 0.3) is 5.56 Å². The molecule has 0 spiro atoms. The van der Waals surface area contributed by atoms with E-state index in [1.54, 1.807) is 37.5 Å². The van der Waals surface area contributed by atoms with E-state index in [4.69, 9.17) is 10.3 Å². The van der Waals surface area contributed by atoms with E-state index < -0.39 is 11.4 Å². The summed E-state index contributed by atoms with van der Waals surface area (Å²) in [5.74, 6) is -0.101. The predicted molar refractivity (Wildman–Crippen MR) is 134 cm³/mol. The minimum absolute atomic E-state index is 0.105. The summed E-state index contributed by atoms with van der Waals surface area (Å²) in [6.45, 7) is 4.27. The summed E-state index contributed by atoms with van der Waals surface area (Å²) in [7, 11) is 1.79. The van der Waals surface area contributed by atoms with Crippen LogP contribution in [-0.2, 0) is 12.1 Å². The van der Waals surface area contributed by atoms with Gasteiger partial charge in [0.15, 0.2) is 17.3 Å².